The summed E-state index contributed by atoms with van der Waals surface area (Å²) in [4.78, 5) is 8.70. The molecular formula is C19H28FN5S. The Kier molecular flexibility index (Phi) is 8.47. The van der Waals surface area contributed by atoms with Gasteiger partial charge < -0.3 is 15.2 Å². The number of unbranched alkanes of at least 4 members (excludes halogenated alkanes) is 1. The zero-order valence-corrected chi connectivity index (χ0v) is 16.6. The molecule has 2 rings (SSSR count). The second-order valence-electron chi connectivity index (χ2n) is 5.95. The first-order chi connectivity index (χ1) is 12.7. The lowest BCUT2D eigenvalue weighted by atomic mass is 10.2. The number of aliphatic imine (C=N–C) groups is 1. The first kappa shape index (κ1) is 20.3. The summed E-state index contributed by atoms with van der Waals surface area (Å²) in [6.07, 6.45) is 7.85. The number of halogens is 1. The van der Waals surface area contributed by atoms with Gasteiger partial charge >= 0.3 is 0 Å². The van der Waals surface area contributed by atoms with Crippen molar-refractivity contribution in [1.29, 1.82) is 0 Å². The molecule has 142 valence electrons. The number of hydrogen-bond donors (Lipinski definition) is 2. The molecule has 2 aromatic rings. The molecule has 0 spiro atoms. The average Bonchev–Trinajstić information content (AvgIpc) is 3.05. The molecular weight excluding hydrogens is 349 g/mol. The first-order valence-electron chi connectivity index (χ1n) is 8.95. The standard InChI is InChI=1S/C19H28FN5S/c1-4-21-19(23-9-5-6-12-26-3)24-14-16-7-8-18(17(20)13-16)25-11-10-22-15(25)2/h7-8,10-11,13H,4-6,9,12,14H2,1-3H3,(H2,21,23,24). The predicted octanol–water partition coefficient (Wildman–Crippen LogP) is 3.52. The molecule has 0 saturated carbocycles. The van der Waals surface area contributed by atoms with E-state index in [1.807, 2.05) is 31.7 Å². The van der Waals surface area contributed by atoms with Gasteiger partial charge in [0.1, 0.15) is 11.6 Å². The fraction of sp³-hybridized carbons (Fsp3) is 0.474. The van der Waals surface area contributed by atoms with Crippen molar-refractivity contribution >= 4 is 17.7 Å². The van der Waals surface area contributed by atoms with Crippen LogP contribution in [0.4, 0.5) is 4.39 Å². The van der Waals surface area contributed by atoms with E-state index in [-0.39, 0.29) is 5.82 Å². The molecule has 0 atom stereocenters. The molecule has 1 heterocycles. The molecule has 0 unspecified atom stereocenters. The van der Waals surface area contributed by atoms with Crippen molar-refractivity contribution in [1.82, 2.24) is 20.2 Å². The molecule has 1 aromatic heterocycles. The van der Waals surface area contributed by atoms with E-state index < -0.39 is 0 Å². The lowest BCUT2D eigenvalue weighted by Crippen LogP contribution is -2.37. The number of thioether (sulfide) groups is 1. The van der Waals surface area contributed by atoms with Gasteiger partial charge in [-0.25, -0.2) is 14.4 Å². The van der Waals surface area contributed by atoms with Crippen LogP contribution >= 0.6 is 11.8 Å². The van der Waals surface area contributed by atoms with Gasteiger partial charge in [0, 0.05) is 25.5 Å². The van der Waals surface area contributed by atoms with Crippen molar-refractivity contribution in [3.8, 4) is 5.69 Å². The van der Waals surface area contributed by atoms with Crippen molar-refractivity contribution in [2.75, 3.05) is 25.1 Å². The largest absolute Gasteiger partial charge is 0.357 e. The quantitative estimate of drug-likeness (QED) is 0.399. The summed E-state index contributed by atoms with van der Waals surface area (Å²) in [7, 11) is 0. The van der Waals surface area contributed by atoms with E-state index in [9.17, 15) is 4.39 Å². The normalized spacial score (nSPS) is 11.6. The van der Waals surface area contributed by atoms with Crippen LogP contribution in [-0.4, -0.2) is 40.6 Å². The highest BCUT2D eigenvalue weighted by atomic mass is 32.2. The van der Waals surface area contributed by atoms with Crippen molar-refractivity contribution in [2.45, 2.75) is 33.2 Å². The van der Waals surface area contributed by atoms with Crippen molar-refractivity contribution < 1.29 is 4.39 Å². The third-order valence-corrected chi connectivity index (χ3v) is 4.63. The van der Waals surface area contributed by atoms with Gasteiger partial charge in [-0.3, -0.25) is 0 Å². The maximum absolute atomic E-state index is 14.5. The molecule has 5 nitrogen and oxygen atoms in total. The molecule has 0 aliphatic heterocycles. The van der Waals surface area contributed by atoms with Gasteiger partial charge in [-0.2, -0.15) is 11.8 Å². The van der Waals surface area contributed by atoms with Crippen LogP contribution in [0.1, 0.15) is 31.2 Å². The van der Waals surface area contributed by atoms with Crippen LogP contribution in [-0.2, 0) is 6.54 Å². The van der Waals surface area contributed by atoms with Crippen molar-refractivity contribution in [2.24, 2.45) is 4.99 Å². The third-order valence-electron chi connectivity index (χ3n) is 3.93. The Bertz CT molecular complexity index is 714. The number of benzene rings is 1. The van der Waals surface area contributed by atoms with Gasteiger partial charge in [0.2, 0.25) is 0 Å². The number of nitrogens with one attached hydrogen (secondary N) is 2. The Morgan fingerprint density at radius 2 is 2.15 bits per heavy atom. The van der Waals surface area contributed by atoms with Gasteiger partial charge in [0.05, 0.1) is 12.2 Å². The minimum Gasteiger partial charge on any atom is -0.357 e. The topological polar surface area (TPSA) is 54.2 Å². The van der Waals surface area contributed by atoms with E-state index in [4.69, 9.17) is 0 Å². The smallest absolute Gasteiger partial charge is 0.191 e. The Hall–Kier alpha value is -2.02. The third kappa shape index (κ3) is 6.05. The van der Waals surface area contributed by atoms with Gasteiger partial charge in [-0.05, 0) is 56.4 Å². The molecule has 0 fully saturated rings. The van der Waals surface area contributed by atoms with E-state index >= 15 is 0 Å². The summed E-state index contributed by atoms with van der Waals surface area (Å²) in [5.41, 5.74) is 1.34. The Balaban J connectivity index is 1.98. The molecule has 1 aromatic carbocycles. The van der Waals surface area contributed by atoms with E-state index in [1.54, 1.807) is 29.1 Å². The van der Waals surface area contributed by atoms with Crippen LogP contribution in [0, 0.1) is 12.7 Å². The predicted molar refractivity (Wildman–Crippen MR) is 109 cm³/mol. The fourth-order valence-corrected chi connectivity index (χ4v) is 3.06. The summed E-state index contributed by atoms with van der Waals surface area (Å²) in [5.74, 6) is 2.44. The highest BCUT2D eigenvalue weighted by Crippen LogP contribution is 2.17. The van der Waals surface area contributed by atoms with Crippen LogP contribution < -0.4 is 10.6 Å². The molecule has 0 aliphatic carbocycles. The van der Waals surface area contributed by atoms with E-state index in [0.717, 1.165) is 36.9 Å². The van der Waals surface area contributed by atoms with Gasteiger partial charge in [-0.1, -0.05) is 6.07 Å². The van der Waals surface area contributed by atoms with Gasteiger partial charge in [0.15, 0.2) is 5.96 Å². The second-order valence-corrected chi connectivity index (χ2v) is 6.94. The molecule has 0 saturated heterocycles. The lowest BCUT2D eigenvalue weighted by molar-refractivity contribution is 0.614. The number of imidazole rings is 1. The lowest BCUT2D eigenvalue weighted by Gasteiger charge is -2.12. The number of rotatable bonds is 9. The van der Waals surface area contributed by atoms with Crippen LogP contribution in [0.2, 0.25) is 0 Å². The number of hydrogen-bond acceptors (Lipinski definition) is 3. The molecule has 0 amide bonds. The van der Waals surface area contributed by atoms with Gasteiger partial charge in [0.25, 0.3) is 0 Å². The summed E-state index contributed by atoms with van der Waals surface area (Å²) in [6.45, 7) is 6.00. The zero-order valence-electron chi connectivity index (χ0n) is 15.8. The zero-order chi connectivity index (χ0) is 18.8. The minimum absolute atomic E-state index is 0.270. The Morgan fingerprint density at radius 3 is 2.81 bits per heavy atom. The molecule has 26 heavy (non-hydrogen) atoms. The van der Waals surface area contributed by atoms with Crippen LogP contribution in [0.3, 0.4) is 0 Å². The molecule has 7 heteroatoms. The highest BCUT2D eigenvalue weighted by molar-refractivity contribution is 7.98. The van der Waals surface area contributed by atoms with E-state index in [0.29, 0.717) is 12.2 Å². The number of aromatic nitrogens is 2. The maximum atomic E-state index is 14.5. The maximum Gasteiger partial charge on any atom is 0.191 e. The summed E-state index contributed by atoms with van der Waals surface area (Å²) >= 11 is 1.87. The van der Waals surface area contributed by atoms with Crippen molar-refractivity contribution in [3.05, 3.63) is 47.8 Å². The van der Waals surface area contributed by atoms with Gasteiger partial charge in [-0.15, -0.1) is 0 Å². The fourth-order valence-electron chi connectivity index (χ4n) is 2.57. The Labute approximate surface area is 159 Å². The number of nitrogens with zero attached hydrogens (tertiary/aromatic N) is 3. The monoisotopic (exact) mass is 377 g/mol. The Morgan fingerprint density at radius 1 is 1.31 bits per heavy atom. The van der Waals surface area contributed by atoms with E-state index in [1.165, 1.54) is 12.2 Å². The number of guanidine groups is 1. The summed E-state index contributed by atoms with van der Waals surface area (Å²) in [6, 6.07) is 5.22. The molecule has 2 N–H and O–H groups in total. The van der Waals surface area contributed by atoms with Crippen molar-refractivity contribution in [3.63, 3.8) is 0 Å². The minimum atomic E-state index is -0.270. The SMILES string of the molecule is CCNC(=NCc1ccc(-n2ccnc2C)c(F)c1)NCCCCSC. The average molecular weight is 378 g/mol. The van der Waals surface area contributed by atoms with E-state index in [2.05, 4.69) is 26.9 Å². The highest BCUT2D eigenvalue weighted by Gasteiger charge is 2.08. The molecule has 0 radical (unpaired) electrons. The summed E-state index contributed by atoms with van der Waals surface area (Å²) < 4.78 is 16.2. The molecule has 0 bridgehead atoms. The van der Waals surface area contributed by atoms with Crippen LogP contribution in [0.25, 0.3) is 5.69 Å². The second kappa shape index (κ2) is 10.9. The van der Waals surface area contributed by atoms with Crippen LogP contribution in [0.5, 0.6) is 0 Å². The first-order valence-corrected chi connectivity index (χ1v) is 10.3. The number of aryl methyl sites for hydroxylation is 1. The molecule has 0 aliphatic rings. The van der Waals surface area contributed by atoms with Crippen LogP contribution in [0.15, 0.2) is 35.6 Å². The summed E-state index contributed by atoms with van der Waals surface area (Å²) in [5, 5.41) is 6.56.